The molecule has 20 heavy (non-hydrogen) atoms. The first-order valence-electron chi connectivity index (χ1n) is 7.22. The van der Waals surface area contributed by atoms with Gasteiger partial charge in [-0.2, -0.15) is 0 Å². The van der Waals surface area contributed by atoms with E-state index in [0.717, 1.165) is 17.7 Å². The van der Waals surface area contributed by atoms with Gasteiger partial charge in [0.25, 0.3) is 0 Å². The SMILES string of the molecule is CCc1cc(F)ccc1OCCO[Si](C)(C)C(C)(C)C. The van der Waals surface area contributed by atoms with E-state index in [-0.39, 0.29) is 10.9 Å². The highest BCUT2D eigenvalue weighted by Gasteiger charge is 2.36. The van der Waals surface area contributed by atoms with E-state index in [1.54, 1.807) is 6.07 Å². The number of rotatable bonds is 6. The van der Waals surface area contributed by atoms with E-state index in [1.807, 2.05) is 6.92 Å². The molecule has 0 saturated carbocycles. The van der Waals surface area contributed by atoms with Gasteiger partial charge in [0.05, 0.1) is 6.61 Å². The zero-order chi connectivity index (χ0) is 15.4. The van der Waals surface area contributed by atoms with Crippen molar-refractivity contribution in [3.05, 3.63) is 29.6 Å². The van der Waals surface area contributed by atoms with Crippen molar-refractivity contribution in [2.75, 3.05) is 13.2 Å². The van der Waals surface area contributed by atoms with Gasteiger partial charge in [0.1, 0.15) is 18.2 Å². The van der Waals surface area contributed by atoms with Crippen LogP contribution >= 0.6 is 0 Å². The number of aryl methyl sites for hydroxylation is 1. The van der Waals surface area contributed by atoms with Crippen molar-refractivity contribution in [2.45, 2.75) is 52.2 Å². The molecule has 1 rings (SSSR count). The third kappa shape index (κ3) is 4.60. The second-order valence-corrected chi connectivity index (χ2v) is 11.4. The summed E-state index contributed by atoms with van der Waals surface area (Å²) >= 11 is 0. The van der Waals surface area contributed by atoms with Crippen molar-refractivity contribution in [3.63, 3.8) is 0 Å². The van der Waals surface area contributed by atoms with Crippen LogP contribution in [0.3, 0.4) is 0 Å². The van der Waals surface area contributed by atoms with Crippen LogP contribution in [0.15, 0.2) is 18.2 Å². The van der Waals surface area contributed by atoms with Crippen LogP contribution in [-0.2, 0) is 10.8 Å². The van der Waals surface area contributed by atoms with Crippen molar-refractivity contribution in [1.82, 2.24) is 0 Å². The number of hydrogen-bond acceptors (Lipinski definition) is 2. The van der Waals surface area contributed by atoms with Crippen LogP contribution in [-0.4, -0.2) is 21.5 Å². The highest BCUT2D eigenvalue weighted by atomic mass is 28.4. The topological polar surface area (TPSA) is 18.5 Å². The molecule has 0 fully saturated rings. The van der Waals surface area contributed by atoms with Crippen LogP contribution in [0.5, 0.6) is 5.75 Å². The van der Waals surface area contributed by atoms with Crippen LogP contribution < -0.4 is 4.74 Å². The molecule has 0 heterocycles. The first-order chi connectivity index (χ1) is 9.17. The molecule has 114 valence electrons. The lowest BCUT2D eigenvalue weighted by molar-refractivity contribution is 0.202. The van der Waals surface area contributed by atoms with Gasteiger partial charge >= 0.3 is 0 Å². The highest BCUT2D eigenvalue weighted by Crippen LogP contribution is 2.36. The molecule has 0 aromatic heterocycles. The summed E-state index contributed by atoms with van der Waals surface area (Å²) in [5, 5.41) is 0.206. The second-order valence-electron chi connectivity index (χ2n) is 6.56. The van der Waals surface area contributed by atoms with E-state index >= 15 is 0 Å². The van der Waals surface area contributed by atoms with E-state index in [9.17, 15) is 4.39 Å². The Labute approximate surface area is 123 Å². The molecular formula is C16H27FO2Si. The van der Waals surface area contributed by atoms with Crippen molar-refractivity contribution in [3.8, 4) is 5.75 Å². The first-order valence-corrected chi connectivity index (χ1v) is 10.1. The molecule has 2 nitrogen and oxygen atoms in total. The molecule has 0 aliphatic carbocycles. The highest BCUT2D eigenvalue weighted by molar-refractivity contribution is 6.74. The standard InChI is InChI=1S/C16H27FO2Si/c1-7-13-12-14(17)8-9-15(13)18-10-11-19-20(5,6)16(2,3)4/h8-9,12H,7,10-11H2,1-6H3. The Kier molecular flexibility index (Phi) is 5.77. The summed E-state index contributed by atoms with van der Waals surface area (Å²) in [4.78, 5) is 0. The molecule has 4 heteroatoms. The van der Waals surface area contributed by atoms with E-state index < -0.39 is 8.32 Å². The van der Waals surface area contributed by atoms with E-state index in [1.165, 1.54) is 12.1 Å². The number of halogens is 1. The molecule has 0 saturated heterocycles. The maximum atomic E-state index is 13.1. The number of ether oxygens (including phenoxy) is 1. The molecule has 0 unspecified atom stereocenters. The second kappa shape index (κ2) is 6.72. The van der Waals surface area contributed by atoms with Gasteiger partial charge in [-0.05, 0) is 48.3 Å². The van der Waals surface area contributed by atoms with Gasteiger partial charge in [-0.15, -0.1) is 0 Å². The Bertz CT molecular complexity index is 439. The molecule has 0 amide bonds. The minimum absolute atomic E-state index is 0.206. The van der Waals surface area contributed by atoms with Gasteiger partial charge in [0.15, 0.2) is 8.32 Å². The van der Waals surface area contributed by atoms with Crippen molar-refractivity contribution in [2.24, 2.45) is 0 Å². The Hall–Kier alpha value is -0.873. The first kappa shape index (κ1) is 17.2. The fourth-order valence-corrected chi connectivity index (χ4v) is 2.66. The van der Waals surface area contributed by atoms with Crippen LogP contribution in [0.4, 0.5) is 4.39 Å². The van der Waals surface area contributed by atoms with E-state index in [0.29, 0.717) is 13.2 Å². The molecule has 0 N–H and O–H groups in total. The normalized spacial score (nSPS) is 12.6. The molecule has 1 aromatic rings. The summed E-state index contributed by atoms with van der Waals surface area (Å²) in [6.45, 7) is 14.2. The Balaban J connectivity index is 2.50. The molecule has 0 aliphatic rings. The predicted molar refractivity (Wildman–Crippen MR) is 84.4 cm³/mol. The smallest absolute Gasteiger partial charge is 0.192 e. The summed E-state index contributed by atoms with van der Waals surface area (Å²) in [5.74, 6) is 0.541. The Morgan fingerprint density at radius 2 is 1.80 bits per heavy atom. The van der Waals surface area contributed by atoms with Gasteiger partial charge < -0.3 is 9.16 Å². The van der Waals surface area contributed by atoms with Crippen molar-refractivity contribution < 1.29 is 13.6 Å². The van der Waals surface area contributed by atoms with E-state index in [4.69, 9.17) is 9.16 Å². The van der Waals surface area contributed by atoms with Crippen molar-refractivity contribution >= 4 is 8.32 Å². The minimum atomic E-state index is -1.71. The third-order valence-corrected chi connectivity index (χ3v) is 8.55. The quantitative estimate of drug-likeness (QED) is 0.555. The zero-order valence-electron chi connectivity index (χ0n) is 13.5. The summed E-state index contributed by atoms with van der Waals surface area (Å²) < 4.78 is 24.9. The van der Waals surface area contributed by atoms with Crippen LogP contribution in [0.25, 0.3) is 0 Å². The average molecular weight is 298 g/mol. The predicted octanol–water partition coefficient (Wildman–Crippen LogP) is 4.79. The fraction of sp³-hybridized carbons (Fsp3) is 0.625. The third-order valence-electron chi connectivity index (χ3n) is 4.01. The lowest BCUT2D eigenvalue weighted by Crippen LogP contribution is -2.41. The monoisotopic (exact) mass is 298 g/mol. The molecule has 0 aliphatic heterocycles. The van der Waals surface area contributed by atoms with Gasteiger partial charge in [0.2, 0.25) is 0 Å². The molecule has 0 bridgehead atoms. The lowest BCUT2D eigenvalue weighted by atomic mass is 10.1. The summed E-state index contributed by atoms with van der Waals surface area (Å²) in [5.41, 5.74) is 0.900. The van der Waals surface area contributed by atoms with Gasteiger partial charge in [0, 0.05) is 0 Å². The zero-order valence-corrected chi connectivity index (χ0v) is 14.5. The van der Waals surface area contributed by atoms with Crippen LogP contribution in [0, 0.1) is 5.82 Å². The minimum Gasteiger partial charge on any atom is -0.491 e. The van der Waals surface area contributed by atoms with Gasteiger partial charge in [-0.3, -0.25) is 0 Å². The van der Waals surface area contributed by atoms with Gasteiger partial charge in [-0.1, -0.05) is 27.7 Å². The summed E-state index contributed by atoms with van der Waals surface area (Å²) in [6, 6.07) is 4.66. The fourth-order valence-electron chi connectivity index (χ4n) is 1.63. The molecule has 0 atom stereocenters. The lowest BCUT2D eigenvalue weighted by Gasteiger charge is -2.36. The van der Waals surface area contributed by atoms with Crippen LogP contribution in [0.1, 0.15) is 33.3 Å². The van der Waals surface area contributed by atoms with Crippen molar-refractivity contribution in [1.29, 1.82) is 0 Å². The van der Waals surface area contributed by atoms with Crippen LogP contribution in [0.2, 0.25) is 18.1 Å². The van der Waals surface area contributed by atoms with E-state index in [2.05, 4.69) is 33.9 Å². The summed E-state index contributed by atoms with van der Waals surface area (Å²) in [7, 11) is -1.71. The average Bonchev–Trinajstić information content (AvgIpc) is 2.34. The Morgan fingerprint density at radius 3 is 2.35 bits per heavy atom. The molecule has 1 aromatic carbocycles. The Morgan fingerprint density at radius 1 is 1.15 bits per heavy atom. The summed E-state index contributed by atoms with van der Waals surface area (Å²) in [6.07, 6.45) is 0.760. The molecular weight excluding hydrogens is 271 g/mol. The maximum absolute atomic E-state index is 13.1. The van der Waals surface area contributed by atoms with Gasteiger partial charge in [-0.25, -0.2) is 4.39 Å². The largest absolute Gasteiger partial charge is 0.491 e. The molecule has 0 radical (unpaired) electrons. The number of hydrogen-bond donors (Lipinski definition) is 0. The number of benzene rings is 1. The molecule has 0 spiro atoms. The maximum Gasteiger partial charge on any atom is 0.192 e.